The normalized spacial score (nSPS) is 24.9. The maximum absolute atomic E-state index is 12.1. The number of hydrazine groups is 1. The van der Waals surface area contributed by atoms with Crippen molar-refractivity contribution < 1.29 is 4.79 Å². The standard InChI is InChI=1S/C16H26N4O/c1-11-15(12(2)19-18-11)9-16(21)17-10-13-5-7-14(8-6-13)20(3)4/h5-8,11-12,15,18-19H,9-10H2,1-4H3,(H,17,21). The number of amides is 1. The quantitative estimate of drug-likeness (QED) is 0.764. The van der Waals surface area contributed by atoms with Crippen molar-refractivity contribution >= 4 is 11.6 Å². The average Bonchev–Trinajstić information content (AvgIpc) is 2.77. The molecule has 1 aromatic carbocycles. The third kappa shape index (κ3) is 4.19. The molecular weight excluding hydrogens is 264 g/mol. The van der Waals surface area contributed by atoms with Crippen LogP contribution in [0.5, 0.6) is 0 Å². The van der Waals surface area contributed by atoms with E-state index in [1.54, 1.807) is 0 Å². The zero-order valence-corrected chi connectivity index (χ0v) is 13.3. The molecule has 0 radical (unpaired) electrons. The molecule has 2 unspecified atom stereocenters. The summed E-state index contributed by atoms with van der Waals surface area (Å²) in [5.41, 5.74) is 8.65. The fourth-order valence-electron chi connectivity index (χ4n) is 2.66. The van der Waals surface area contributed by atoms with Crippen LogP contribution in [-0.4, -0.2) is 32.1 Å². The molecule has 1 aliphatic heterocycles. The van der Waals surface area contributed by atoms with E-state index in [1.165, 1.54) is 0 Å². The number of nitrogens with one attached hydrogen (secondary N) is 3. The van der Waals surface area contributed by atoms with Crippen LogP contribution in [0, 0.1) is 5.92 Å². The predicted octanol–water partition coefficient (Wildman–Crippen LogP) is 1.26. The highest BCUT2D eigenvalue weighted by Crippen LogP contribution is 2.18. The van der Waals surface area contributed by atoms with Crippen molar-refractivity contribution in [2.45, 2.75) is 38.9 Å². The molecule has 1 amide bonds. The van der Waals surface area contributed by atoms with Gasteiger partial charge in [-0.25, -0.2) is 0 Å². The molecule has 0 spiro atoms. The van der Waals surface area contributed by atoms with Crippen LogP contribution in [0.1, 0.15) is 25.8 Å². The molecule has 3 N–H and O–H groups in total. The summed E-state index contributed by atoms with van der Waals surface area (Å²) in [4.78, 5) is 14.1. The summed E-state index contributed by atoms with van der Waals surface area (Å²) in [5.74, 6) is 0.446. The van der Waals surface area contributed by atoms with Crippen LogP contribution in [-0.2, 0) is 11.3 Å². The highest BCUT2D eigenvalue weighted by atomic mass is 16.1. The van der Waals surface area contributed by atoms with Gasteiger partial charge >= 0.3 is 0 Å². The Hall–Kier alpha value is -1.59. The number of carbonyl (C=O) groups excluding carboxylic acids is 1. The zero-order chi connectivity index (χ0) is 15.4. The molecule has 0 aliphatic carbocycles. The lowest BCUT2D eigenvalue weighted by Gasteiger charge is -2.17. The molecule has 2 rings (SSSR count). The highest BCUT2D eigenvalue weighted by Gasteiger charge is 2.31. The fraction of sp³-hybridized carbons (Fsp3) is 0.562. The third-order valence-electron chi connectivity index (χ3n) is 4.19. The Morgan fingerprint density at radius 2 is 1.71 bits per heavy atom. The minimum atomic E-state index is 0.112. The van der Waals surface area contributed by atoms with E-state index < -0.39 is 0 Å². The SMILES string of the molecule is CC1NNC(C)C1CC(=O)NCc1ccc(N(C)C)cc1. The smallest absolute Gasteiger partial charge is 0.220 e. The van der Waals surface area contributed by atoms with Crippen molar-refractivity contribution in [3.8, 4) is 0 Å². The van der Waals surface area contributed by atoms with Gasteiger partial charge in [0.2, 0.25) is 5.91 Å². The molecule has 1 aromatic rings. The molecule has 2 atom stereocenters. The summed E-state index contributed by atoms with van der Waals surface area (Å²) in [5, 5.41) is 3.01. The first kappa shape index (κ1) is 15.8. The molecule has 5 heteroatoms. The Labute approximate surface area is 127 Å². The van der Waals surface area contributed by atoms with E-state index in [0.29, 0.717) is 31.0 Å². The number of nitrogens with zero attached hydrogens (tertiary/aromatic N) is 1. The fourth-order valence-corrected chi connectivity index (χ4v) is 2.66. The third-order valence-corrected chi connectivity index (χ3v) is 4.19. The van der Waals surface area contributed by atoms with Gasteiger partial charge in [-0.15, -0.1) is 0 Å². The van der Waals surface area contributed by atoms with Crippen molar-refractivity contribution in [1.82, 2.24) is 16.2 Å². The van der Waals surface area contributed by atoms with Gasteiger partial charge in [-0.2, -0.15) is 0 Å². The minimum Gasteiger partial charge on any atom is -0.378 e. The lowest BCUT2D eigenvalue weighted by Crippen LogP contribution is -2.31. The Balaban J connectivity index is 1.81. The minimum absolute atomic E-state index is 0.112. The van der Waals surface area contributed by atoms with Gasteiger partial charge in [-0.05, 0) is 31.5 Å². The van der Waals surface area contributed by atoms with E-state index in [2.05, 4.69) is 59.2 Å². The number of carbonyl (C=O) groups is 1. The van der Waals surface area contributed by atoms with E-state index in [1.807, 2.05) is 14.1 Å². The highest BCUT2D eigenvalue weighted by molar-refractivity contribution is 5.76. The van der Waals surface area contributed by atoms with Gasteiger partial charge < -0.3 is 10.2 Å². The van der Waals surface area contributed by atoms with E-state index in [9.17, 15) is 4.79 Å². The number of benzene rings is 1. The Kier molecular flexibility index (Phi) is 5.20. The van der Waals surface area contributed by atoms with Crippen LogP contribution >= 0.6 is 0 Å². The van der Waals surface area contributed by atoms with Crippen LogP contribution in [0.25, 0.3) is 0 Å². The number of hydrogen-bond donors (Lipinski definition) is 3. The molecule has 1 aliphatic rings. The molecule has 0 saturated carbocycles. The first-order chi connectivity index (χ1) is 9.97. The summed E-state index contributed by atoms with van der Waals surface area (Å²) in [6.45, 7) is 4.80. The van der Waals surface area contributed by atoms with Crippen LogP contribution in [0.2, 0.25) is 0 Å². The van der Waals surface area contributed by atoms with Gasteiger partial charge in [0.15, 0.2) is 0 Å². The monoisotopic (exact) mass is 290 g/mol. The van der Waals surface area contributed by atoms with Crippen molar-refractivity contribution in [3.63, 3.8) is 0 Å². The molecule has 5 nitrogen and oxygen atoms in total. The second kappa shape index (κ2) is 6.91. The van der Waals surface area contributed by atoms with E-state index >= 15 is 0 Å². The van der Waals surface area contributed by atoms with Crippen molar-refractivity contribution in [2.75, 3.05) is 19.0 Å². The van der Waals surface area contributed by atoms with Gasteiger partial charge in [0.05, 0.1) is 0 Å². The van der Waals surface area contributed by atoms with Gasteiger partial charge in [0.25, 0.3) is 0 Å². The predicted molar refractivity (Wildman–Crippen MR) is 85.9 cm³/mol. The largest absolute Gasteiger partial charge is 0.378 e. The lowest BCUT2D eigenvalue weighted by atomic mass is 9.93. The molecule has 0 bridgehead atoms. The number of hydrogen-bond acceptors (Lipinski definition) is 4. The second-order valence-corrected chi connectivity index (χ2v) is 6.07. The summed E-state index contributed by atoms with van der Waals surface area (Å²) < 4.78 is 0. The maximum atomic E-state index is 12.1. The second-order valence-electron chi connectivity index (χ2n) is 6.07. The molecule has 1 heterocycles. The molecule has 1 saturated heterocycles. The van der Waals surface area contributed by atoms with Gasteiger partial charge in [-0.1, -0.05) is 12.1 Å². The van der Waals surface area contributed by atoms with Crippen LogP contribution in [0.3, 0.4) is 0 Å². The Morgan fingerprint density at radius 3 is 2.24 bits per heavy atom. The van der Waals surface area contributed by atoms with Crippen LogP contribution in [0.4, 0.5) is 5.69 Å². The molecule has 0 aromatic heterocycles. The molecule has 116 valence electrons. The first-order valence-electron chi connectivity index (χ1n) is 7.51. The van der Waals surface area contributed by atoms with Crippen LogP contribution in [0.15, 0.2) is 24.3 Å². The van der Waals surface area contributed by atoms with E-state index in [-0.39, 0.29) is 5.91 Å². The molecular formula is C16H26N4O. The van der Waals surface area contributed by atoms with Crippen molar-refractivity contribution in [3.05, 3.63) is 29.8 Å². The first-order valence-corrected chi connectivity index (χ1v) is 7.51. The average molecular weight is 290 g/mol. The topological polar surface area (TPSA) is 56.4 Å². The maximum Gasteiger partial charge on any atom is 0.220 e. The van der Waals surface area contributed by atoms with Crippen molar-refractivity contribution in [1.29, 1.82) is 0 Å². The van der Waals surface area contributed by atoms with Crippen LogP contribution < -0.4 is 21.1 Å². The van der Waals surface area contributed by atoms with Gasteiger partial charge in [0.1, 0.15) is 0 Å². The lowest BCUT2D eigenvalue weighted by molar-refractivity contribution is -0.122. The van der Waals surface area contributed by atoms with Gasteiger partial charge in [-0.3, -0.25) is 15.6 Å². The summed E-state index contributed by atoms with van der Waals surface area (Å²) in [6.07, 6.45) is 0.554. The van der Waals surface area contributed by atoms with Gasteiger partial charge in [0, 0.05) is 50.7 Å². The molecule has 1 fully saturated rings. The van der Waals surface area contributed by atoms with E-state index in [4.69, 9.17) is 0 Å². The summed E-state index contributed by atoms with van der Waals surface area (Å²) in [6, 6.07) is 8.89. The van der Waals surface area contributed by atoms with E-state index in [0.717, 1.165) is 11.3 Å². The number of anilines is 1. The molecule has 21 heavy (non-hydrogen) atoms. The van der Waals surface area contributed by atoms with Crippen molar-refractivity contribution in [2.24, 2.45) is 5.92 Å². The summed E-state index contributed by atoms with van der Waals surface area (Å²) in [7, 11) is 4.03. The zero-order valence-electron chi connectivity index (χ0n) is 13.3. The Morgan fingerprint density at radius 1 is 1.14 bits per heavy atom. The Bertz CT molecular complexity index is 462. The summed E-state index contributed by atoms with van der Waals surface area (Å²) >= 11 is 0. The number of rotatable bonds is 5.